The van der Waals surface area contributed by atoms with Crippen LogP contribution in [-0.4, -0.2) is 67.5 Å². The van der Waals surface area contributed by atoms with E-state index in [1.807, 2.05) is 31.2 Å². The largest absolute Gasteiger partial charge is 0.467 e. The van der Waals surface area contributed by atoms with E-state index >= 15 is 0 Å². The van der Waals surface area contributed by atoms with E-state index < -0.39 is 53.8 Å². The summed E-state index contributed by atoms with van der Waals surface area (Å²) >= 11 is 0. The van der Waals surface area contributed by atoms with Gasteiger partial charge in [-0.15, -0.1) is 0 Å². The highest BCUT2D eigenvalue weighted by atomic mass is 19.1. The average Bonchev–Trinajstić information content (AvgIpc) is 3.00. The van der Waals surface area contributed by atoms with Crippen LogP contribution in [0.3, 0.4) is 0 Å². The van der Waals surface area contributed by atoms with Crippen molar-refractivity contribution >= 4 is 29.7 Å². The molecule has 5 amide bonds. The second-order valence-corrected chi connectivity index (χ2v) is 11.8. The minimum absolute atomic E-state index is 0.122. The predicted octanol–water partition coefficient (Wildman–Crippen LogP) is 2.61. The summed E-state index contributed by atoms with van der Waals surface area (Å²) in [6.07, 6.45) is 4.56. The molecule has 0 unspecified atom stereocenters. The van der Waals surface area contributed by atoms with Gasteiger partial charge in [0.25, 0.3) is 0 Å². The molecule has 248 valence electrons. The highest BCUT2D eigenvalue weighted by Gasteiger charge is 2.30. The molecule has 0 saturated carbocycles. The number of halogens is 1. The van der Waals surface area contributed by atoms with Crippen molar-refractivity contribution in [3.63, 3.8) is 0 Å². The Hall–Kier alpha value is -4.74. The van der Waals surface area contributed by atoms with Gasteiger partial charge in [0.05, 0.1) is 13.2 Å². The topological polar surface area (TPSA) is 155 Å². The number of hydrogen-bond acceptors (Lipinski definition) is 6. The Labute approximate surface area is 269 Å². The normalized spacial score (nSPS) is 18.6. The van der Waals surface area contributed by atoms with Gasteiger partial charge in [-0.3, -0.25) is 14.4 Å². The highest BCUT2D eigenvalue weighted by molar-refractivity contribution is 5.93. The van der Waals surface area contributed by atoms with Crippen molar-refractivity contribution < 1.29 is 33.1 Å². The maximum Gasteiger partial charge on any atom is 0.328 e. The lowest BCUT2D eigenvalue weighted by molar-refractivity contribution is -0.144. The monoisotopic (exact) mass is 637 g/mol. The van der Waals surface area contributed by atoms with Crippen LogP contribution >= 0.6 is 0 Å². The van der Waals surface area contributed by atoms with Crippen molar-refractivity contribution in [3.8, 4) is 0 Å². The summed E-state index contributed by atoms with van der Waals surface area (Å²) in [4.78, 5) is 64.9. The Balaban J connectivity index is 1.83. The molecule has 0 fully saturated rings. The molecule has 0 aliphatic carbocycles. The van der Waals surface area contributed by atoms with Gasteiger partial charge >= 0.3 is 12.0 Å². The van der Waals surface area contributed by atoms with Crippen molar-refractivity contribution in [1.29, 1.82) is 0 Å². The molecule has 1 heterocycles. The summed E-state index contributed by atoms with van der Waals surface area (Å²) < 4.78 is 18.7. The molecule has 1 aliphatic heterocycles. The van der Waals surface area contributed by atoms with Crippen molar-refractivity contribution in [3.05, 3.63) is 83.2 Å². The van der Waals surface area contributed by atoms with E-state index in [1.165, 1.54) is 31.4 Å². The summed E-state index contributed by atoms with van der Waals surface area (Å²) in [7, 11) is 1.23. The third kappa shape index (κ3) is 11.6. The number of amides is 5. The second kappa shape index (κ2) is 17.7. The van der Waals surface area contributed by atoms with E-state index in [2.05, 4.69) is 26.6 Å². The van der Waals surface area contributed by atoms with Crippen molar-refractivity contribution in [1.82, 2.24) is 26.6 Å². The molecule has 3 rings (SSSR count). The smallest absolute Gasteiger partial charge is 0.328 e. The minimum Gasteiger partial charge on any atom is -0.467 e. The van der Waals surface area contributed by atoms with E-state index in [9.17, 15) is 28.4 Å². The second-order valence-electron chi connectivity index (χ2n) is 11.8. The number of aryl methyl sites for hydroxylation is 1. The fourth-order valence-corrected chi connectivity index (χ4v) is 5.11. The number of urea groups is 1. The van der Waals surface area contributed by atoms with Crippen LogP contribution < -0.4 is 26.6 Å². The number of ether oxygens (including phenoxy) is 1. The molecule has 0 radical (unpaired) electrons. The van der Waals surface area contributed by atoms with E-state index in [1.54, 1.807) is 26.0 Å². The van der Waals surface area contributed by atoms with E-state index in [0.717, 1.165) is 11.1 Å². The number of rotatable bonds is 10. The van der Waals surface area contributed by atoms with Crippen LogP contribution in [0.15, 0.2) is 60.7 Å². The van der Waals surface area contributed by atoms with Gasteiger partial charge in [0.1, 0.15) is 23.9 Å². The molecule has 1 aliphatic rings. The molecule has 46 heavy (non-hydrogen) atoms. The molecule has 2 aromatic rings. The third-order valence-corrected chi connectivity index (χ3v) is 7.56. The van der Waals surface area contributed by atoms with Crippen LogP contribution in [0.25, 0.3) is 0 Å². The summed E-state index contributed by atoms with van der Waals surface area (Å²) in [6.45, 7) is 5.80. The Morgan fingerprint density at radius 1 is 1.02 bits per heavy atom. The molecular weight excluding hydrogens is 593 g/mol. The van der Waals surface area contributed by atoms with Gasteiger partial charge in [0.15, 0.2) is 0 Å². The van der Waals surface area contributed by atoms with Gasteiger partial charge in [-0.2, -0.15) is 0 Å². The lowest BCUT2D eigenvalue weighted by atomic mass is 10.0. The zero-order valence-corrected chi connectivity index (χ0v) is 26.7. The first-order chi connectivity index (χ1) is 21.9. The quantitative estimate of drug-likeness (QED) is 0.253. The first kappa shape index (κ1) is 35.7. The number of nitrogens with one attached hydrogen (secondary N) is 5. The predicted molar refractivity (Wildman–Crippen MR) is 171 cm³/mol. The molecule has 5 N–H and O–H groups in total. The zero-order chi connectivity index (χ0) is 33.6. The van der Waals surface area contributed by atoms with Crippen molar-refractivity contribution in [2.75, 3.05) is 13.7 Å². The molecule has 0 aromatic heterocycles. The molecule has 0 bridgehead atoms. The van der Waals surface area contributed by atoms with Crippen molar-refractivity contribution in [2.24, 2.45) is 5.92 Å². The number of carbonyl (C=O) groups excluding carboxylic acids is 5. The molecule has 12 heteroatoms. The lowest BCUT2D eigenvalue weighted by Crippen LogP contribution is -2.58. The molecule has 0 spiro atoms. The van der Waals surface area contributed by atoms with Gasteiger partial charge in [0.2, 0.25) is 17.7 Å². The Morgan fingerprint density at radius 3 is 2.46 bits per heavy atom. The van der Waals surface area contributed by atoms with Gasteiger partial charge < -0.3 is 31.3 Å². The standard InChI is InChI=1S/C34H44FN5O6/c1-21(2)30(33(44)46-4)40-34(45)39-28(20-23-10-7-9-22(3)17-23)32(43)38-27-13-5-6-16-36-29(41)15-14-26(37-31(27)42)19-24-11-8-12-25(35)18-24/h7-12,14-15,17-18,21,26-28,30H,5-6,13,16,19-20H2,1-4H3,(H,36,41)(H,37,42)(H,38,43)(H2,39,40,45)/t26-,27+,28+,30+/m1/s1. The summed E-state index contributed by atoms with van der Waals surface area (Å²) in [5, 5.41) is 13.8. The number of hydrogen-bond donors (Lipinski definition) is 5. The number of carbonyl (C=O) groups is 5. The van der Waals surface area contributed by atoms with Crippen LogP contribution in [0.2, 0.25) is 0 Å². The average molecular weight is 638 g/mol. The number of esters is 1. The maximum atomic E-state index is 13.9. The van der Waals surface area contributed by atoms with E-state index in [-0.39, 0.29) is 31.1 Å². The molecule has 4 atom stereocenters. The van der Waals surface area contributed by atoms with Crippen LogP contribution in [0.1, 0.15) is 49.8 Å². The minimum atomic E-state index is -1.09. The first-order valence-electron chi connectivity index (χ1n) is 15.5. The van der Waals surface area contributed by atoms with Crippen molar-refractivity contribution in [2.45, 2.75) is 77.0 Å². The van der Waals surface area contributed by atoms with Crippen LogP contribution in [0.5, 0.6) is 0 Å². The van der Waals surface area contributed by atoms with Crippen LogP contribution in [0, 0.1) is 18.7 Å². The van der Waals surface area contributed by atoms with E-state index in [4.69, 9.17) is 4.74 Å². The van der Waals surface area contributed by atoms with Gasteiger partial charge in [-0.05, 0) is 61.8 Å². The molecular formula is C34H44FN5O6. The first-order valence-corrected chi connectivity index (χ1v) is 15.5. The summed E-state index contributed by atoms with van der Waals surface area (Å²) in [6, 6.07) is 9.03. The molecule has 11 nitrogen and oxygen atoms in total. The number of benzene rings is 2. The van der Waals surface area contributed by atoms with Gasteiger partial charge in [0, 0.05) is 19.0 Å². The van der Waals surface area contributed by atoms with Gasteiger partial charge in [-0.1, -0.05) is 61.9 Å². The number of methoxy groups -OCH3 is 1. The molecule has 0 saturated heterocycles. The Bertz CT molecular complexity index is 1410. The Kier molecular flexibility index (Phi) is 13.7. The van der Waals surface area contributed by atoms with Crippen LogP contribution in [0.4, 0.5) is 9.18 Å². The Morgan fingerprint density at radius 2 is 1.76 bits per heavy atom. The fraction of sp³-hybridized carbons (Fsp3) is 0.441. The van der Waals surface area contributed by atoms with E-state index in [0.29, 0.717) is 24.9 Å². The summed E-state index contributed by atoms with van der Waals surface area (Å²) in [5.41, 5.74) is 2.37. The lowest BCUT2D eigenvalue weighted by Gasteiger charge is -2.26. The fourth-order valence-electron chi connectivity index (χ4n) is 5.11. The SMILES string of the molecule is COC(=O)[C@@H](NC(=O)N[C@@H](Cc1cccc(C)c1)C(=O)N[C@H]1CCCCNC(=O)C=C[C@H](Cc2cccc(F)c2)NC1=O)C(C)C. The summed E-state index contributed by atoms with van der Waals surface area (Å²) in [5.74, 6) is -2.70. The van der Waals surface area contributed by atoms with Crippen LogP contribution in [-0.2, 0) is 36.8 Å². The third-order valence-electron chi connectivity index (χ3n) is 7.56. The highest BCUT2D eigenvalue weighted by Crippen LogP contribution is 2.12. The van der Waals surface area contributed by atoms with Gasteiger partial charge in [-0.25, -0.2) is 14.0 Å². The maximum absolute atomic E-state index is 13.9. The molecule has 2 aromatic carbocycles. The zero-order valence-electron chi connectivity index (χ0n) is 26.7.